The van der Waals surface area contributed by atoms with Gasteiger partial charge in [0.25, 0.3) is 0 Å². The summed E-state index contributed by atoms with van der Waals surface area (Å²) >= 11 is 1.63. The maximum atomic E-state index is 12.3. The monoisotopic (exact) mass is 339 g/mol. The number of aliphatic hydroxyl groups excluding tert-OH is 1. The Bertz CT molecular complexity index is 566. The Labute approximate surface area is 140 Å². The van der Waals surface area contributed by atoms with Gasteiger partial charge in [-0.25, -0.2) is 0 Å². The van der Waals surface area contributed by atoms with E-state index in [1.165, 1.54) is 0 Å². The minimum atomic E-state index is -0.00229. The molecular formula is C15H25N5O2S. The molecule has 0 saturated carbocycles. The standard InChI is InChI=1S/C15H25N5O2S/c1-12-16-17-14(23-12)20-8-7-18(2)15(11-20)4-3-13(22)19(6-5-15)9-10-21/h21H,3-11H2,1-2H3/t15-/m0/s1. The van der Waals surface area contributed by atoms with Crippen molar-refractivity contribution in [2.24, 2.45) is 0 Å². The number of aryl methyl sites for hydroxylation is 1. The maximum Gasteiger partial charge on any atom is 0.222 e. The summed E-state index contributed by atoms with van der Waals surface area (Å²) in [6.07, 6.45) is 2.34. The lowest BCUT2D eigenvalue weighted by Gasteiger charge is -2.49. The van der Waals surface area contributed by atoms with Crippen LogP contribution in [-0.2, 0) is 4.79 Å². The number of carbonyl (C=O) groups excluding carboxylic acids is 1. The fourth-order valence-electron chi connectivity index (χ4n) is 3.63. The second-order valence-electron chi connectivity index (χ2n) is 6.53. The van der Waals surface area contributed by atoms with E-state index in [1.54, 1.807) is 16.2 Å². The van der Waals surface area contributed by atoms with E-state index in [1.807, 2.05) is 6.92 Å². The Balaban J connectivity index is 1.77. The molecule has 1 aromatic rings. The van der Waals surface area contributed by atoms with Crippen molar-refractivity contribution in [2.75, 3.05) is 51.3 Å². The van der Waals surface area contributed by atoms with Crippen molar-refractivity contribution in [1.82, 2.24) is 20.0 Å². The Hall–Kier alpha value is -1.25. The van der Waals surface area contributed by atoms with Crippen LogP contribution < -0.4 is 4.90 Å². The van der Waals surface area contributed by atoms with Crippen LogP contribution in [0.5, 0.6) is 0 Å². The molecule has 8 heteroatoms. The molecule has 23 heavy (non-hydrogen) atoms. The molecule has 7 nitrogen and oxygen atoms in total. The lowest BCUT2D eigenvalue weighted by atomic mass is 9.86. The summed E-state index contributed by atoms with van der Waals surface area (Å²) < 4.78 is 0. The number of rotatable bonds is 3. The highest BCUT2D eigenvalue weighted by atomic mass is 32.1. The van der Waals surface area contributed by atoms with Gasteiger partial charge in [0.05, 0.1) is 6.61 Å². The third-order valence-electron chi connectivity index (χ3n) is 5.16. The summed E-state index contributed by atoms with van der Waals surface area (Å²) in [5, 5.41) is 19.5. The fraction of sp³-hybridized carbons (Fsp3) is 0.800. The number of nitrogens with zero attached hydrogens (tertiary/aromatic N) is 5. The number of β-amino-alcohol motifs (C(OH)–C–C–N with tert-alkyl or cyclic N) is 1. The van der Waals surface area contributed by atoms with Crippen LogP contribution in [-0.4, -0.2) is 82.9 Å². The third-order valence-corrected chi connectivity index (χ3v) is 6.06. The SMILES string of the molecule is Cc1nnc(N2CCN(C)[C@]3(CCC(=O)N(CCO)CC3)C2)s1. The zero-order valence-electron chi connectivity index (χ0n) is 13.9. The van der Waals surface area contributed by atoms with Crippen LogP contribution in [0.25, 0.3) is 0 Å². The summed E-state index contributed by atoms with van der Waals surface area (Å²) in [5.41, 5.74) is -0.00229. The average Bonchev–Trinajstić information content (AvgIpc) is 2.91. The number of hydrogen-bond donors (Lipinski definition) is 1. The highest BCUT2D eigenvalue weighted by molar-refractivity contribution is 7.15. The lowest BCUT2D eigenvalue weighted by Crippen LogP contribution is -2.61. The highest BCUT2D eigenvalue weighted by Gasteiger charge is 2.42. The van der Waals surface area contributed by atoms with Crippen molar-refractivity contribution in [2.45, 2.75) is 31.7 Å². The topological polar surface area (TPSA) is 72.8 Å². The lowest BCUT2D eigenvalue weighted by molar-refractivity contribution is -0.131. The quantitative estimate of drug-likeness (QED) is 0.856. The number of aliphatic hydroxyl groups is 1. The molecule has 2 aliphatic heterocycles. The van der Waals surface area contributed by atoms with Crippen molar-refractivity contribution in [1.29, 1.82) is 0 Å². The summed E-state index contributed by atoms with van der Waals surface area (Å²) in [4.78, 5) is 18.8. The first kappa shape index (κ1) is 16.6. The molecule has 1 aromatic heterocycles. The molecule has 0 radical (unpaired) electrons. The van der Waals surface area contributed by atoms with Crippen LogP contribution in [0.15, 0.2) is 0 Å². The van der Waals surface area contributed by atoms with Crippen molar-refractivity contribution < 1.29 is 9.90 Å². The van der Waals surface area contributed by atoms with Gasteiger partial charge in [-0.15, -0.1) is 10.2 Å². The van der Waals surface area contributed by atoms with Crippen LogP contribution in [0.1, 0.15) is 24.3 Å². The Morgan fingerprint density at radius 1 is 1.26 bits per heavy atom. The zero-order valence-corrected chi connectivity index (χ0v) is 14.7. The van der Waals surface area contributed by atoms with Gasteiger partial charge in [0, 0.05) is 44.7 Å². The maximum absolute atomic E-state index is 12.3. The number of carbonyl (C=O) groups is 1. The summed E-state index contributed by atoms with van der Waals surface area (Å²) in [6.45, 7) is 5.96. The van der Waals surface area contributed by atoms with E-state index in [0.29, 0.717) is 19.5 Å². The smallest absolute Gasteiger partial charge is 0.222 e. The van der Waals surface area contributed by atoms with E-state index in [0.717, 1.165) is 42.6 Å². The van der Waals surface area contributed by atoms with Gasteiger partial charge in [0.15, 0.2) is 0 Å². The number of anilines is 1. The molecule has 0 aromatic carbocycles. The molecular weight excluding hydrogens is 314 g/mol. The predicted molar refractivity (Wildman–Crippen MR) is 89.7 cm³/mol. The molecule has 3 rings (SSSR count). The largest absolute Gasteiger partial charge is 0.395 e. The molecule has 0 unspecified atom stereocenters. The van der Waals surface area contributed by atoms with E-state index in [2.05, 4.69) is 27.0 Å². The molecule has 2 fully saturated rings. The molecule has 0 aliphatic carbocycles. The Morgan fingerprint density at radius 3 is 2.78 bits per heavy atom. The van der Waals surface area contributed by atoms with Crippen LogP contribution >= 0.6 is 11.3 Å². The Morgan fingerprint density at radius 2 is 2.09 bits per heavy atom. The van der Waals surface area contributed by atoms with Gasteiger partial charge < -0.3 is 14.9 Å². The predicted octanol–water partition coefficient (Wildman–Crippen LogP) is 0.342. The highest BCUT2D eigenvalue weighted by Crippen LogP contribution is 2.34. The second kappa shape index (κ2) is 6.70. The molecule has 3 heterocycles. The number of likely N-dealkylation sites (tertiary alicyclic amines) is 1. The fourth-order valence-corrected chi connectivity index (χ4v) is 4.34. The van der Waals surface area contributed by atoms with Gasteiger partial charge >= 0.3 is 0 Å². The molecule has 1 amide bonds. The third kappa shape index (κ3) is 3.34. The van der Waals surface area contributed by atoms with Crippen LogP contribution in [0, 0.1) is 6.92 Å². The van der Waals surface area contributed by atoms with Gasteiger partial charge in [0.1, 0.15) is 5.01 Å². The molecule has 1 spiro atoms. The number of likely N-dealkylation sites (N-methyl/N-ethyl adjacent to an activating group) is 1. The summed E-state index contributed by atoms with van der Waals surface area (Å²) in [7, 11) is 2.16. The van der Waals surface area contributed by atoms with E-state index < -0.39 is 0 Å². The normalized spacial score (nSPS) is 26.8. The number of piperazine rings is 1. The van der Waals surface area contributed by atoms with Gasteiger partial charge in [-0.05, 0) is 26.8 Å². The summed E-state index contributed by atoms with van der Waals surface area (Å²) in [5.74, 6) is 0.160. The first-order valence-electron chi connectivity index (χ1n) is 8.19. The number of amides is 1. The van der Waals surface area contributed by atoms with E-state index >= 15 is 0 Å². The van der Waals surface area contributed by atoms with Gasteiger partial charge in [-0.2, -0.15) is 0 Å². The zero-order chi connectivity index (χ0) is 16.4. The van der Waals surface area contributed by atoms with Crippen LogP contribution in [0.2, 0.25) is 0 Å². The van der Waals surface area contributed by atoms with Crippen molar-refractivity contribution in [3.63, 3.8) is 0 Å². The van der Waals surface area contributed by atoms with E-state index in [4.69, 9.17) is 5.11 Å². The molecule has 2 saturated heterocycles. The van der Waals surface area contributed by atoms with Gasteiger partial charge in [-0.1, -0.05) is 11.3 Å². The number of hydrogen-bond acceptors (Lipinski definition) is 7. The average molecular weight is 339 g/mol. The molecule has 1 atom stereocenters. The first-order valence-corrected chi connectivity index (χ1v) is 9.01. The van der Waals surface area contributed by atoms with E-state index in [-0.39, 0.29) is 18.1 Å². The minimum Gasteiger partial charge on any atom is -0.395 e. The second-order valence-corrected chi connectivity index (χ2v) is 7.69. The van der Waals surface area contributed by atoms with Gasteiger partial charge in [0.2, 0.25) is 11.0 Å². The van der Waals surface area contributed by atoms with Crippen molar-refractivity contribution in [3.05, 3.63) is 5.01 Å². The van der Waals surface area contributed by atoms with Crippen molar-refractivity contribution in [3.8, 4) is 0 Å². The Kier molecular flexibility index (Phi) is 4.84. The minimum absolute atomic E-state index is 0.00229. The summed E-state index contributed by atoms with van der Waals surface area (Å²) in [6, 6.07) is 0. The molecule has 1 N–H and O–H groups in total. The number of aromatic nitrogens is 2. The van der Waals surface area contributed by atoms with Gasteiger partial charge in [-0.3, -0.25) is 9.69 Å². The van der Waals surface area contributed by atoms with E-state index in [9.17, 15) is 4.79 Å². The van der Waals surface area contributed by atoms with Crippen LogP contribution in [0.4, 0.5) is 5.13 Å². The first-order chi connectivity index (χ1) is 11.0. The van der Waals surface area contributed by atoms with Crippen molar-refractivity contribution >= 4 is 22.4 Å². The van der Waals surface area contributed by atoms with Crippen LogP contribution in [0.3, 0.4) is 0 Å². The molecule has 2 aliphatic rings. The molecule has 0 bridgehead atoms. The molecule has 128 valence electrons.